The fraction of sp³-hybridized carbons (Fsp3) is 0.0714. The molecule has 0 saturated heterocycles. The van der Waals surface area contributed by atoms with Crippen LogP contribution in [0.2, 0.25) is 5.02 Å². The summed E-state index contributed by atoms with van der Waals surface area (Å²) in [5.74, 6) is 0. The first kappa shape index (κ1) is 9.61. The van der Waals surface area contributed by atoms with Crippen LogP contribution in [0.4, 0.5) is 0 Å². The zero-order chi connectivity index (χ0) is 11.1. The Morgan fingerprint density at radius 2 is 1.75 bits per heavy atom. The van der Waals surface area contributed by atoms with Gasteiger partial charge in [0.25, 0.3) is 0 Å². The number of fused-ring (bicyclic) bond motifs is 3. The van der Waals surface area contributed by atoms with Crippen LogP contribution in [-0.2, 0) is 0 Å². The Bertz CT molecular complexity index is 689. The van der Waals surface area contributed by atoms with Crippen molar-refractivity contribution in [3.8, 4) is 0 Å². The number of aromatic nitrogens is 1. The Labute approximate surface area is 98.7 Å². The molecule has 0 unspecified atom stereocenters. The van der Waals surface area contributed by atoms with E-state index in [0.717, 1.165) is 21.6 Å². The van der Waals surface area contributed by atoms with Gasteiger partial charge in [-0.2, -0.15) is 0 Å². The largest absolute Gasteiger partial charge is 0.252 e. The van der Waals surface area contributed by atoms with E-state index in [1.807, 2.05) is 37.3 Å². The molecule has 78 valence electrons. The van der Waals surface area contributed by atoms with Gasteiger partial charge in [0.15, 0.2) is 0 Å². The number of pyridine rings is 1. The van der Waals surface area contributed by atoms with E-state index in [-0.39, 0.29) is 0 Å². The van der Waals surface area contributed by atoms with Crippen molar-refractivity contribution in [1.82, 2.24) is 4.98 Å². The number of hydrogen-bond acceptors (Lipinski definition) is 1. The first-order valence-corrected chi connectivity index (χ1v) is 5.58. The second kappa shape index (κ2) is 3.46. The molecule has 0 fully saturated rings. The molecule has 2 heteroatoms. The predicted octanol–water partition coefficient (Wildman–Crippen LogP) is 4.35. The summed E-state index contributed by atoms with van der Waals surface area (Å²) >= 11 is 6.01. The summed E-state index contributed by atoms with van der Waals surface area (Å²) < 4.78 is 0. The number of para-hydroxylation sites is 1. The van der Waals surface area contributed by atoms with Crippen molar-refractivity contribution in [2.75, 3.05) is 0 Å². The third-order valence-corrected chi connectivity index (χ3v) is 3.09. The van der Waals surface area contributed by atoms with Gasteiger partial charge in [0.05, 0.1) is 5.52 Å². The lowest BCUT2D eigenvalue weighted by atomic mass is 10.0. The molecule has 2 aromatic carbocycles. The van der Waals surface area contributed by atoms with Crippen LogP contribution >= 0.6 is 11.6 Å². The Morgan fingerprint density at radius 3 is 2.62 bits per heavy atom. The van der Waals surface area contributed by atoms with Crippen molar-refractivity contribution in [3.63, 3.8) is 0 Å². The molecule has 1 nitrogen and oxygen atoms in total. The van der Waals surface area contributed by atoms with Gasteiger partial charge in [-0.1, -0.05) is 35.9 Å². The van der Waals surface area contributed by atoms with Crippen LogP contribution in [0.1, 0.15) is 5.69 Å². The molecule has 0 bridgehead atoms. The highest BCUT2D eigenvalue weighted by atomic mass is 35.5. The molecule has 0 spiro atoms. The summed E-state index contributed by atoms with van der Waals surface area (Å²) in [6, 6.07) is 14.1. The maximum absolute atomic E-state index is 6.01. The van der Waals surface area contributed by atoms with E-state index in [4.69, 9.17) is 11.6 Å². The third-order valence-electron chi connectivity index (χ3n) is 2.85. The molecule has 3 aromatic rings. The van der Waals surface area contributed by atoms with Crippen LogP contribution in [0.5, 0.6) is 0 Å². The van der Waals surface area contributed by atoms with Crippen LogP contribution in [-0.4, -0.2) is 4.98 Å². The van der Waals surface area contributed by atoms with Crippen LogP contribution < -0.4 is 0 Å². The highest BCUT2D eigenvalue weighted by Crippen LogP contribution is 2.28. The van der Waals surface area contributed by atoms with Gasteiger partial charge in [0, 0.05) is 21.5 Å². The molecule has 0 radical (unpaired) electrons. The van der Waals surface area contributed by atoms with Crippen LogP contribution in [0.25, 0.3) is 21.7 Å². The second-order valence-electron chi connectivity index (χ2n) is 3.90. The predicted molar refractivity (Wildman–Crippen MR) is 69.0 cm³/mol. The maximum atomic E-state index is 6.01. The lowest BCUT2D eigenvalue weighted by Gasteiger charge is -2.06. The molecule has 0 aliphatic carbocycles. The molecule has 3 rings (SSSR count). The summed E-state index contributed by atoms with van der Waals surface area (Å²) in [6.07, 6.45) is 0. The summed E-state index contributed by atoms with van der Waals surface area (Å²) in [4.78, 5) is 4.59. The summed E-state index contributed by atoms with van der Waals surface area (Å²) in [5.41, 5.74) is 2.06. The Kier molecular flexibility index (Phi) is 2.08. The van der Waals surface area contributed by atoms with Crippen molar-refractivity contribution < 1.29 is 0 Å². The number of hydrogen-bond donors (Lipinski definition) is 0. The highest BCUT2D eigenvalue weighted by Gasteiger charge is 2.04. The summed E-state index contributed by atoms with van der Waals surface area (Å²) in [7, 11) is 0. The minimum Gasteiger partial charge on any atom is -0.252 e. The monoisotopic (exact) mass is 227 g/mol. The molecule has 0 N–H and O–H groups in total. The molecule has 16 heavy (non-hydrogen) atoms. The molecule has 0 aliphatic rings. The van der Waals surface area contributed by atoms with E-state index in [0.29, 0.717) is 0 Å². The van der Waals surface area contributed by atoms with Gasteiger partial charge in [0.2, 0.25) is 0 Å². The Balaban J connectivity index is 2.59. The number of halogens is 1. The van der Waals surface area contributed by atoms with E-state index in [1.54, 1.807) is 0 Å². The molecule has 1 heterocycles. The minimum atomic E-state index is 0.757. The van der Waals surface area contributed by atoms with E-state index < -0.39 is 0 Å². The van der Waals surface area contributed by atoms with Crippen LogP contribution in [0, 0.1) is 6.92 Å². The SMILES string of the molecule is Cc1nc2ccccc2c2ccc(Cl)cc12. The van der Waals surface area contributed by atoms with Gasteiger partial charge in [-0.15, -0.1) is 0 Å². The summed E-state index contributed by atoms with van der Waals surface area (Å²) in [6.45, 7) is 2.02. The van der Waals surface area contributed by atoms with Gasteiger partial charge in [-0.05, 0) is 30.5 Å². The van der Waals surface area contributed by atoms with Gasteiger partial charge < -0.3 is 0 Å². The quantitative estimate of drug-likeness (QED) is 0.521. The topological polar surface area (TPSA) is 12.9 Å². The Morgan fingerprint density at radius 1 is 0.938 bits per heavy atom. The Hall–Kier alpha value is -1.60. The molecular weight excluding hydrogens is 218 g/mol. The van der Waals surface area contributed by atoms with Gasteiger partial charge >= 0.3 is 0 Å². The number of aryl methyl sites for hydroxylation is 1. The standard InChI is InChI=1S/C14H10ClN/c1-9-13-8-10(15)6-7-11(13)12-4-2-3-5-14(12)16-9/h2-8H,1H3. The van der Waals surface area contributed by atoms with Crippen molar-refractivity contribution in [3.05, 3.63) is 53.2 Å². The van der Waals surface area contributed by atoms with E-state index in [9.17, 15) is 0 Å². The van der Waals surface area contributed by atoms with Crippen molar-refractivity contribution in [1.29, 1.82) is 0 Å². The number of benzene rings is 2. The third kappa shape index (κ3) is 1.36. The number of nitrogens with zero attached hydrogens (tertiary/aromatic N) is 1. The van der Waals surface area contributed by atoms with E-state index >= 15 is 0 Å². The normalized spacial score (nSPS) is 11.1. The van der Waals surface area contributed by atoms with Crippen LogP contribution in [0.15, 0.2) is 42.5 Å². The van der Waals surface area contributed by atoms with Gasteiger partial charge in [0.1, 0.15) is 0 Å². The first-order valence-electron chi connectivity index (χ1n) is 5.20. The smallest absolute Gasteiger partial charge is 0.0711 e. The maximum Gasteiger partial charge on any atom is 0.0711 e. The molecular formula is C14H10ClN. The minimum absolute atomic E-state index is 0.757. The fourth-order valence-corrected chi connectivity index (χ4v) is 2.26. The first-order chi connectivity index (χ1) is 7.75. The lowest BCUT2D eigenvalue weighted by Crippen LogP contribution is -1.87. The van der Waals surface area contributed by atoms with Crippen molar-refractivity contribution >= 4 is 33.3 Å². The zero-order valence-corrected chi connectivity index (χ0v) is 9.62. The zero-order valence-electron chi connectivity index (χ0n) is 8.87. The molecule has 0 aliphatic heterocycles. The molecule has 1 aromatic heterocycles. The lowest BCUT2D eigenvalue weighted by molar-refractivity contribution is 1.29. The van der Waals surface area contributed by atoms with Crippen molar-refractivity contribution in [2.45, 2.75) is 6.92 Å². The van der Waals surface area contributed by atoms with Crippen molar-refractivity contribution in [2.24, 2.45) is 0 Å². The van der Waals surface area contributed by atoms with E-state index in [1.165, 1.54) is 10.8 Å². The second-order valence-corrected chi connectivity index (χ2v) is 4.34. The summed E-state index contributed by atoms with van der Waals surface area (Å²) in [5, 5.41) is 4.28. The average molecular weight is 228 g/mol. The average Bonchev–Trinajstić information content (AvgIpc) is 2.29. The molecule has 0 saturated carbocycles. The molecule has 0 amide bonds. The van der Waals surface area contributed by atoms with Gasteiger partial charge in [-0.3, -0.25) is 4.98 Å². The van der Waals surface area contributed by atoms with E-state index in [2.05, 4.69) is 17.1 Å². The highest BCUT2D eigenvalue weighted by molar-refractivity contribution is 6.31. The number of rotatable bonds is 0. The van der Waals surface area contributed by atoms with Gasteiger partial charge in [-0.25, -0.2) is 0 Å². The fourth-order valence-electron chi connectivity index (χ4n) is 2.09. The molecule has 0 atom stereocenters. The van der Waals surface area contributed by atoms with Crippen LogP contribution in [0.3, 0.4) is 0 Å².